The number of hydrogen-bond donors (Lipinski definition) is 1. The summed E-state index contributed by atoms with van der Waals surface area (Å²) in [6, 6.07) is 0. The molecule has 0 rings (SSSR count). The summed E-state index contributed by atoms with van der Waals surface area (Å²) in [4.78, 5) is 23.2. The standard InChI is InChI=1S/C36H72O2.C25H50O2/c1-3-5-7-9-11-13-15-17-19-21-23-25-27-29-31-33-35-38-36(37)34-32-30-28-26-24-22-20-18-16-14-12-10-8-6-4-2;1-3-5-7-8-9-10-11-12-13-14-15-16-17-18-19-21-23-24(25(26)27)22-20-6-4-2/h3-35H2,1-2H3;24H,3-23H2,1-2H3,(H,26,27). The van der Waals surface area contributed by atoms with E-state index in [1.807, 2.05) is 0 Å². The van der Waals surface area contributed by atoms with Crippen LogP contribution in [0.3, 0.4) is 0 Å². The molecule has 390 valence electrons. The minimum Gasteiger partial charge on any atom is -0.481 e. The second kappa shape index (κ2) is 61.0. The van der Waals surface area contributed by atoms with Crippen molar-refractivity contribution in [2.24, 2.45) is 5.92 Å². The number of carbonyl (C=O) groups is 2. The van der Waals surface area contributed by atoms with Gasteiger partial charge in [0, 0.05) is 6.42 Å². The third-order valence-electron chi connectivity index (χ3n) is 14.2. The molecule has 0 aromatic carbocycles. The van der Waals surface area contributed by atoms with Gasteiger partial charge in [-0.2, -0.15) is 0 Å². The summed E-state index contributed by atoms with van der Waals surface area (Å²) in [5, 5.41) is 9.30. The van der Waals surface area contributed by atoms with E-state index in [1.54, 1.807) is 0 Å². The predicted molar refractivity (Wildman–Crippen MR) is 289 cm³/mol. The molecule has 0 saturated heterocycles. The molecule has 65 heavy (non-hydrogen) atoms. The van der Waals surface area contributed by atoms with Crippen LogP contribution in [0.4, 0.5) is 0 Å². The van der Waals surface area contributed by atoms with Crippen LogP contribution in [0.1, 0.15) is 368 Å². The Balaban J connectivity index is 0. The van der Waals surface area contributed by atoms with Gasteiger partial charge in [0.05, 0.1) is 12.5 Å². The highest BCUT2D eigenvalue weighted by Crippen LogP contribution is 2.20. The van der Waals surface area contributed by atoms with Gasteiger partial charge in [0.2, 0.25) is 0 Å². The molecule has 0 amide bonds. The van der Waals surface area contributed by atoms with Crippen LogP contribution in [-0.2, 0) is 14.3 Å². The monoisotopic (exact) mass is 919 g/mol. The molecule has 0 spiro atoms. The highest BCUT2D eigenvalue weighted by Gasteiger charge is 2.16. The highest BCUT2D eigenvalue weighted by atomic mass is 16.5. The Morgan fingerprint density at radius 2 is 0.492 bits per heavy atom. The van der Waals surface area contributed by atoms with Crippen LogP contribution in [0.15, 0.2) is 0 Å². The number of rotatable bonds is 55. The summed E-state index contributed by atoms with van der Waals surface area (Å²) in [6.45, 7) is 9.67. The van der Waals surface area contributed by atoms with E-state index < -0.39 is 5.97 Å². The van der Waals surface area contributed by atoms with Crippen molar-refractivity contribution < 1.29 is 19.4 Å². The normalized spacial score (nSPS) is 11.8. The minimum absolute atomic E-state index is 0.0284. The van der Waals surface area contributed by atoms with Gasteiger partial charge < -0.3 is 9.84 Å². The molecule has 0 radical (unpaired) electrons. The van der Waals surface area contributed by atoms with Gasteiger partial charge in [0.15, 0.2) is 0 Å². The number of ether oxygens (including phenoxy) is 1. The van der Waals surface area contributed by atoms with Crippen molar-refractivity contribution in [2.45, 2.75) is 368 Å². The van der Waals surface area contributed by atoms with Gasteiger partial charge in [-0.05, 0) is 25.7 Å². The fourth-order valence-corrected chi connectivity index (χ4v) is 9.52. The average Bonchev–Trinajstić information content (AvgIpc) is 3.30. The zero-order valence-electron chi connectivity index (χ0n) is 45.4. The van der Waals surface area contributed by atoms with Crippen molar-refractivity contribution in [2.75, 3.05) is 6.61 Å². The molecule has 0 heterocycles. The first-order valence-corrected chi connectivity index (χ1v) is 30.4. The van der Waals surface area contributed by atoms with E-state index in [9.17, 15) is 14.7 Å². The molecule has 0 aromatic heterocycles. The zero-order valence-corrected chi connectivity index (χ0v) is 45.4. The third kappa shape index (κ3) is 60.9. The first kappa shape index (κ1) is 66.0. The highest BCUT2D eigenvalue weighted by molar-refractivity contribution is 5.70. The van der Waals surface area contributed by atoms with E-state index in [0.717, 1.165) is 38.5 Å². The SMILES string of the molecule is CCCCCCCCCCCCCCCCCCC(CCCCC)C(=O)O.CCCCCCCCCCCCCCCCCCOC(=O)CCCCCCCCCCCCCCCCC. The first-order chi connectivity index (χ1) is 32.0. The Bertz CT molecular complexity index is 872. The molecule has 0 aliphatic rings. The van der Waals surface area contributed by atoms with Crippen LogP contribution in [0, 0.1) is 5.92 Å². The Labute approximate surface area is 410 Å². The number of carbonyl (C=O) groups excluding carboxylic acids is 1. The summed E-state index contributed by atoms with van der Waals surface area (Å²) < 4.78 is 5.44. The first-order valence-electron chi connectivity index (χ1n) is 30.4. The van der Waals surface area contributed by atoms with Crippen molar-refractivity contribution in [1.82, 2.24) is 0 Å². The molecule has 0 aliphatic heterocycles. The zero-order chi connectivity index (χ0) is 47.6. The molecule has 0 saturated carbocycles. The fourth-order valence-electron chi connectivity index (χ4n) is 9.52. The maximum Gasteiger partial charge on any atom is 0.306 e. The maximum atomic E-state index is 11.9. The van der Waals surface area contributed by atoms with Gasteiger partial charge in [0.25, 0.3) is 0 Å². The van der Waals surface area contributed by atoms with Crippen molar-refractivity contribution >= 4 is 11.9 Å². The smallest absolute Gasteiger partial charge is 0.306 e. The number of carboxylic acids is 1. The van der Waals surface area contributed by atoms with Gasteiger partial charge in [0.1, 0.15) is 0 Å². The molecular formula is C61H122O4. The fraction of sp³-hybridized carbons (Fsp3) is 0.967. The molecule has 0 aliphatic carbocycles. The molecule has 1 atom stereocenters. The van der Waals surface area contributed by atoms with Crippen LogP contribution in [0.25, 0.3) is 0 Å². The average molecular weight is 920 g/mol. The molecule has 0 aromatic rings. The van der Waals surface area contributed by atoms with Gasteiger partial charge >= 0.3 is 11.9 Å². The van der Waals surface area contributed by atoms with E-state index in [4.69, 9.17) is 4.74 Å². The van der Waals surface area contributed by atoms with Gasteiger partial charge in [-0.15, -0.1) is 0 Å². The van der Waals surface area contributed by atoms with E-state index >= 15 is 0 Å². The minimum atomic E-state index is -0.577. The van der Waals surface area contributed by atoms with Crippen LogP contribution in [0.5, 0.6) is 0 Å². The lowest BCUT2D eigenvalue weighted by Crippen LogP contribution is -2.13. The third-order valence-corrected chi connectivity index (χ3v) is 14.2. The second-order valence-corrected chi connectivity index (χ2v) is 20.8. The molecular weight excluding hydrogens is 797 g/mol. The van der Waals surface area contributed by atoms with Crippen molar-refractivity contribution in [3.05, 3.63) is 0 Å². The summed E-state index contributed by atoms with van der Waals surface area (Å²) in [5.41, 5.74) is 0. The summed E-state index contributed by atoms with van der Waals surface area (Å²) in [6.07, 6.45) is 70.2. The lowest BCUT2D eigenvalue weighted by atomic mass is 9.94. The molecule has 1 unspecified atom stereocenters. The van der Waals surface area contributed by atoms with Crippen LogP contribution in [-0.4, -0.2) is 23.7 Å². The van der Waals surface area contributed by atoms with E-state index in [2.05, 4.69) is 27.7 Å². The van der Waals surface area contributed by atoms with Crippen molar-refractivity contribution in [3.8, 4) is 0 Å². The van der Waals surface area contributed by atoms with E-state index in [0.29, 0.717) is 13.0 Å². The predicted octanol–water partition coefficient (Wildman–Crippen LogP) is 22.0. The van der Waals surface area contributed by atoms with Gasteiger partial charge in [-0.25, -0.2) is 0 Å². The quantitative estimate of drug-likeness (QED) is 0.0488. The number of hydrogen-bond acceptors (Lipinski definition) is 3. The summed E-state index contributed by atoms with van der Waals surface area (Å²) in [7, 11) is 0. The molecule has 1 N–H and O–H groups in total. The number of carboxylic acid groups (broad SMARTS) is 1. The molecule has 4 nitrogen and oxygen atoms in total. The van der Waals surface area contributed by atoms with Crippen molar-refractivity contribution in [3.63, 3.8) is 0 Å². The largest absolute Gasteiger partial charge is 0.481 e. The van der Waals surface area contributed by atoms with Crippen LogP contribution in [0.2, 0.25) is 0 Å². The van der Waals surface area contributed by atoms with E-state index in [1.165, 1.54) is 295 Å². The number of unbranched alkanes of at least 4 members (excludes halogenated alkanes) is 46. The van der Waals surface area contributed by atoms with Gasteiger partial charge in [-0.1, -0.05) is 336 Å². The van der Waals surface area contributed by atoms with Gasteiger partial charge in [-0.3, -0.25) is 9.59 Å². The number of aliphatic carboxylic acids is 1. The van der Waals surface area contributed by atoms with E-state index in [-0.39, 0.29) is 11.9 Å². The van der Waals surface area contributed by atoms with Crippen LogP contribution < -0.4 is 0 Å². The molecule has 0 bridgehead atoms. The topological polar surface area (TPSA) is 63.6 Å². The number of esters is 1. The molecule has 4 heteroatoms. The Morgan fingerprint density at radius 3 is 0.754 bits per heavy atom. The molecule has 0 fully saturated rings. The maximum absolute atomic E-state index is 11.9. The Hall–Kier alpha value is -1.06. The lowest BCUT2D eigenvalue weighted by Gasteiger charge is -2.11. The Kier molecular flexibility index (Phi) is 61.9. The summed E-state index contributed by atoms with van der Waals surface area (Å²) >= 11 is 0. The second-order valence-electron chi connectivity index (χ2n) is 20.8. The van der Waals surface area contributed by atoms with Crippen LogP contribution >= 0.6 is 0 Å². The lowest BCUT2D eigenvalue weighted by molar-refractivity contribution is -0.144. The summed E-state index contributed by atoms with van der Waals surface area (Å²) in [5.74, 6) is -0.643. The Morgan fingerprint density at radius 1 is 0.292 bits per heavy atom. The van der Waals surface area contributed by atoms with Crippen molar-refractivity contribution in [1.29, 1.82) is 0 Å².